The summed E-state index contributed by atoms with van der Waals surface area (Å²) >= 11 is 0. The molecule has 0 aliphatic heterocycles. The van der Waals surface area contributed by atoms with Gasteiger partial charge in [-0.1, -0.05) is 0 Å². The average molecular weight is 246 g/mol. The third kappa shape index (κ3) is 2.97. The first-order valence-corrected chi connectivity index (χ1v) is 5.70. The minimum absolute atomic E-state index is 0.0124. The summed E-state index contributed by atoms with van der Waals surface area (Å²) in [5.41, 5.74) is 1.76. The van der Waals surface area contributed by atoms with E-state index in [1.807, 2.05) is 31.2 Å². The highest BCUT2D eigenvalue weighted by molar-refractivity contribution is 5.47. The Balaban J connectivity index is 2.08. The molecule has 3 nitrogen and oxygen atoms in total. The Labute approximate surface area is 106 Å². The fourth-order valence-corrected chi connectivity index (χ4v) is 1.69. The molecule has 0 aliphatic carbocycles. The lowest BCUT2D eigenvalue weighted by molar-refractivity contribution is 0.415. The van der Waals surface area contributed by atoms with Crippen molar-refractivity contribution in [3.63, 3.8) is 0 Å². The molecule has 94 valence electrons. The standard InChI is InChI=1S/C14H15FN2O/c1-10(11-7-12(15)9-16-8-11)17-13-3-5-14(18-2)6-4-13/h3-10,17H,1-2H3. The molecule has 4 heteroatoms. The quantitative estimate of drug-likeness (QED) is 0.897. The summed E-state index contributed by atoms with van der Waals surface area (Å²) in [4.78, 5) is 3.84. The summed E-state index contributed by atoms with van der Waals surface area (Å²) in [6, 6.07) is 9.05. The summed E-state index contributed by atoms with van der Waals surface area (Å²) in [5.74, 6) is 0.483. The maximum Gasteiger partial charge on any atom is 0.141 e. The van der Waals surface area contributed by atoms with Crippen molar-refractivity contribution in [2.75, 3.05) is 12.4 Å². The van der Waals surface area contributed by atoms with Crippen LogP contribution < -0.4 is 10.1 Å². The van der Waals surface area contributed by atoms with Crippen molar-refractivity contribution in [1.29, 1.82) is 0 Å². The van der Waals surface area contributed by atoms with Gasteiger partial charge < -0.3 is 10.1 Å². The number of pyridine rings is 1. The van der Waals surface area contributed by atoms with E-state index in [-0.39, 0.29) is 11.9 Å². The van der Waals surface area contributed by atoms with Crippen molar-refractivity contribution >= 4 is 5.69 Å². The summed E-state index contributed by atoms with van der Waals surface area (Å²) in [6.07, 6.45) is 2.86. The summed E-state index contributed by atoms with van der Waals surface area (Å²) in [5, 5.41) is 3.27. The van der Waals surface area contributed by atoms with E-state index < -0.39 is 0 Å². The van der Waals surface area contributed by atoms with Crippen LogP contribution in [0.25, 0.3) is 0 Å². The first-order valence-electron chi connectivity index (χ1n) is 5.70. The lowest BCUT2D eigenvalue weighted by atomic mass is 10.1. The lowest BCUT2D eigenvalue weighted by Gasteiger charge is -2.15. The molecule has 0 fully saturated rings. The maximum atomic E-state index is 13.1. The van der Waals surface area contributed by atoms with Gasteiger partial charge in [0.25, 0.3) is 0 Å². The molecule has 1 heterocycles. The molecule has 1 unspecified atom stereocenters. The number of hydrogen-bond acceptors (Lipinski definition) is 3. The van der Waals surface area contributed by atoms with E-state index in [2.05, 4.69) is 10.3 Å². The molecule has 0 bridgehead atoms. The minimum Gasteiger partial charge on any atom is -0.497 e. The van der Waals surface area contributed by atoms with Crippen LogP contribution in [0.2, 0.25) is 0 Å². The number of halogens is 1. The van der Waals surface area contributed by atoms with Crippen molar-refractivity contribution in [1.82, 2.24) is 4.98 Å². The molecule has 1 aromatic carbocycles. The van der Waals surface area contributed by atoms with Gasteiger partial charge in [0.1, 0.15) is 11.6 Å². The molecule has 2 rings (SSSR count). The summed E-state index contributed by atoms with van der Waals surface area (Å²) in [7, 11) is 1.63. The highest BCUT2D eigenvalue weighted by Gasteiger charge is 2.06. The van der Waals surface area contributed by atoms with E-state index >= 15 is 0 Å². The molecule has 1 N–H and O–H groups in total. The molecule has 0 saturated heterocycles. The van der Waals surface area contributed by atoms with E-state index in [0.717, 1.165) is 17.0 Å². The Morgan fingerprint density at radius 1 is 1.22 bits per heavy atom. The number of methoxy groups -OCH3 is 1. The van der Waals surface area contributed by atoms with Gasteiger partial charge in [-0.25, -0.2) is 4.39 Å². The van der Waals surface area contributed by atoms with Crippen LogP contribution >= 0.6 is 0 Å². The molecule has 0 saturated carbocycles. The van der Waals surface area contributed by atoms with E-state index in [9.17, 15) is 4.39 Å². The van der Waals surface area contributed by atoms with Crippen molar-refractivity contribution in [2.24, 2.45) is 0 Å². The predicted octanol–water partition coefficient (Wildman–Crippen LogP) is 3.40. The van der Waals surface area contributed by atoms with Crippen LogP contribution in [0.15, 0.2) is 42.7 Å². The molecular formula is C14H15FN2O. The van der Waals surface area contributed by atoms with Crippen molar-refractivity contribution < 1.29 is 9.13 Å². The lowest BCUT2D eigenvalue weighted by Crippen LogP contribution is -2.07. The normalized spacial score (nSPS) is 11.9. The zero-order chi connectivity index (χ0) is 13.0. The first-order chi connectivity index (χ1) is 8.69. The van der Waals surface area contributed by atoms with Crippen LogP contribution in [-0.2, 0) is 0 Å². The van der Waals surface area contributed by atoms with Crippen molar-refractivity contribution in [3.05, 3.63) is 54.1 Å². The number of hydrogen-bond donors (Lipinski definition) is 1. The molecule has 1 aromatic heterocycles. The van der Waals surface area contributed by atoms with E-state index in [0.29, 0.717) is 0 Å². The number of benzene rings is 1. The number of nitrogens with one attached hydrogen (secondary N) is 1. The fourth-order valence-electron chi connectivity index (χ4n) is 1.69. The molecule has 0 radical (unpaired) electrons. The second-order valence-corrected chi connectivity index (χ2v) is 4.03. The van der Waals surface area contributed by atoms with Gasteiger partial charge in [-0.15, -0.1) is 0 Å². The third-order valence-corrected chi connectivity index (χ3v) is 2.70. The zero-order valence-electron chi connectivity index (χ0n) is 10.4. The zero-order valence-corrected chi connectivity index (χ0v) is 10.4. The molecule has 1 atom stereocenters. The Bertz CT molecular complexity index is 513. The van der Waals surface area contributed by atoms with E-state index in [1.54, 1.807) is 13.3 Å². The second kappa shape index (κ2) is 5.49. The minimum atomic E-state index is -0.323. The van der Waals surface area contributed by atoms with Gasteiger partial charge in [0, 0.05) is 11.9 Å². The predicted molar refractivity (Wildman–Crippen MR) is 69.2 cm³/mol. The van der Waals surface area contributed by atoms with E-state index in [4.69, 9.17) is 4.74 Å². The van der Waals surface area contributed by atoms with Gasteiger partial charge in [0.15, 0.2) is 0 Å². The Hall–Kier alpha value is -2.10. The van der Waals surface area contributed by atoms with Gasteiger partial charge in [-0.3, -0.25) is 4.98 Å². The fraction of sp³-hybridized carbons (Fsp3) is 0.214. The van der Waals surface area contributed by atoms with Gasteiger partial charge in [0.2, 0.25) is 0 Å². The van der Waals surface area contributed by atoms with Crippen LogP contribution in [0.1, 0.15) is 18.5 Å². The van der Waals surface area contributed by atoms with Gasteiger partial charge in [-0.05, 0) is 42.8 Å². The number of ether oxygens (including phenoxy) is 1. The molecule has 0 amide bonds. The highest BCUT2D eigenvalue weighted by Crippen LogP contribution is 2.21. The third-order valence-electron chi connectivity index (χ3n) is 2.70. The molecule has 0 spiro atoms. The van der Waals surface area contributed by atoms with Crippen LogP contribution in [0.5, 0.6) is 5.75 Å². The van der Waals surface area contributed by atoms with Crippen LogP contribution in [0.4, 0.5) is 10.1 Å². The monoisotopic (exact) mass is 246 g/mol. The van der Waals surface area contributed by atoms with Gasteiger partial charge in [-0.2, -0.15) is 0 Å². The molecule has 0 aliphatic rings. The summed E-state index contributed by atoms with van der Waals surface area (Å²) in [6.45, 7) is 1.96. The second-order valence-electron chi connectivity index (χ2n) is 4.03. The van der Waals surface area contributed by atoms with Crippen LogP contribution in [0.3, 0.4) is 0 Å². The highest BCUT2D eigenvalue weighted by atomic mass is 19.1. The Morgan fingerprint density at radius 2 is 1.94 bits per heavy atom. The maximum absolute atomic E-state index is 13.1. The van der Waals surface area contributed by atoms with Crippen molar-refractivity contribution in [2.45, 2.75) is 13.0 Å². The number of rotatable bonds is 4. The van der Waals surface area contributed by atoms with Crippen LogP contribution in [0, 0.1) is 5.82 Å². The number of aromatic nitrogens is 1. The smallest absolute Gasteiger partial charge is 0.141 e. The average Bonchev–Trinajstić information content (AvgIpc) is 2.39. The molecule has 2 aromatic rings. The molecule has 18 heavy (non-hydrogen) atoms. The SMILES string of the molecule is COc1ccc(NC(C)c2cncc(F)c2)cc1. The van der Waals surface area contributed by atoms with Crippen LogP contribution in [-0.4, -0.2) is 12.1 Å². The van der Waals surface area contributed by atoms with Crippen molar-refractivity contribution in [3.8, 4) is 5.75 Å². The Morgan fingerprint density at radius 3 is 2.56 bits per heavy atom. The topological polar surface area (TPSA) is 34.1 Å². The first kappa shape index (κ1) is 12.4. The van der Waals surface area contributed by atoms with E-state index in [1.165, 1.54) is 12.3 Å². The Kier molecular flexibility index (Phi) is 3.77. The summed E-state index contributed by atoms with van der Waals surface area (Å²) < 4.78 is 18.1. The van der Waals surface area contributed by atoms with Gasteiger partial charge in [0.05, 0.1) is 19.3 Å². The largest absolute Gasteiger partial charge is 0.497 e. The number of nitrogens with zero attached hydrogens (tertiary/aromatic N) is 1. The van der Waals surface area contributed by atoms with Gasteiger partial charge >= 0.3 is 0 Å². The molecular weight excluding hydrogens is 231 g/mol. The number of anilines is 1.